The van der Waals surface area contributed by atoms with Crippen LogP contribution in [0.5, 0.6) is 5.75 Å². The Morgan fingerprint density at radius 2 is 1.83 bits per heavy atom. The molecule has 1 aromatic carbocycles. The number of hydrogen-bond acceptors (Lipinski definition) is 2. The summed E-state index contributed by atoms with van der Waals surface area (Å²) in [6.45, 7) is 0.266. The molecule has 0 aromatic heterocycles. The van der Waals surface area contributed by atoms with Gasteiger partial charge >= 0.3 is 0 Å². The first-order valence-electron chi connectivity index (χ1n) is 3.20. The number of rotatable bonds is 3. The van der Waals surface area contributed by atoms with E-state index >= 15 is 0 Å². The Kier molecular flexibility index (Phi) is 5.51. The maximum absolute atomic E-state index is 5.66. The first kappa shape index (κ1) is 11.3. The van der Waals surface area contributed by atoms with Gasteiger partial charge < -0.3 is 9.47 Å². The van der Waals surface area contributed by atoms with E-state index in [2.05, 4.69) is 0 Å². The Hall–Kier alpha value is -0.730. The van der Waals surface area contributed by atoms with Gasteiger partial charge in [0.2, 0.25) is 0 Å². The van der Waals surface area contributed by atoms with E-state index in [1.807, 2.05) is 0 Å². The normalized spacial score (nSPS) is 8.83. The summed E-state index contributed by atoms with van der Waals surface area (Å²) in [5.41, 5.74) is 0. The Morgan fingerprint density at radius 3 is 2.33 bits per heavy atom. The van der Waals surface area contributed by atoms with Gasteiger partial charge in [-0.3, -0.25) is 0 Å². The van der Waals surface area contributed by atoms with Gasteiger partial charge in [-0.05, 0) is 24.3 Å². The molecular weight excluding hydrogens is 176 g/mol. The first-order valence-corrected chi connectivity index (χ1v) is 3.58. The summed E-state index contributed by atoms with van der Waals surface area (Å²) in [6, 6.07) is 7.13. The molecule has 1 aromatic rings. The number of ether oxygens (including phenoxy) is 2. The van der Waals surface area contributed by atoms with Crippen LogP contribution < -0.4 is 4.74 Å². The summed E-state index contributed by atoms with van der Waals surface area (Å²) in [5, 5.41) is 0.703. The monoisotopic (exact) mass is 188 g/mol. The number of methoxy groups -OCH3 is 1. The molecule has 0 saturated heterocycles. The minimum Gasteiger partial charge on any atom is -0.468 e. The van der Waals surface area contributed by atoms with Gasteiger partial charge in [-0.25, -0.2) is 0 Å². The van der Waals surface area contributed by atoms with Crippen LogP contribution in [0.4, 0.5) is 0 Å². The molecule has 3 heteroatoms. The molecule has 0 aliphatic rings. The zero-order chi connectivity index (χ0) is 8.10. The Morgan fingerprint density at radius 1 is 1.25 bits per heavy atom. The van der Waals surface area contributed by atoms with Crippen LogP contribution >= 0.6 is 11.6 Å². The maximum Gasteiger partial charge on any atom is 0.188 e. The summed E-state index contributed by atoms with van der Waals surface area (Å²) >= 11 is 5.66. The highest BCUT2D eigenvalue weighted by Crippen LogP contribution is 2.14. The standard InChI is InChI=1S/C8H9ClO2.CH4/c1-10-6-11-8-4-2-7(9)3-5-8;/h2-5H,6H2,1H3;1H4. The van der Waals surface area contributed by atoms with Crippen LogP contribution in [0, 0.1) is 0 Å². The molecule has 2 nitrogen and oxygen atoms in total. The minimum absolute atomic E-state index is 0. The summed E-state index contributed by atoms with van der Waals surface area (Å²) in [6.07, 6.45) is 0. The molecule has 0 N–H and O–H groups in total. The smallest absolute Gasteiger partial charge is 0.188 e. The van der Waals surface area contributed by atoms with Crippen molar-refractivity contribution < 1.29 is 9.47 Å². The predicted molar refractivity (Wildman–Crippen MR) is 50.7 cm³/mol. The lowest BCUT2D eigenvalue weighted by molar-refractivity contribution is 0.0511. The quantitative estimate of drug-likeness (QED) is 0.679. The zero-order valence-corrected chi connectivity index (χ0v) is 6.97. The van der Waals surface area contributed by atoms with Gasteiger partial charge in [0.05, 0.1) is 0 Å². The molecule has 0 bridgehead atoms. The molecule has 0 saturated carbocycles. The second-order valence-corrected chi connectivity index (χ2v) is 2.44. The molecule has 1 rings (SSSR count). The fourth-order valence-corrected chi connectivity index (χ4v) is 0.784. The highest BCUT2D eigenvalue weighted by atomic mass is 35.5. The molecule has 0 aliphatic carbocycles. The van der Waals surface area contributed by atoms with Crippen LogP contribution in [0.1, 0.15) is 7.43 Å². The predicted octanol–water partition coefficient (Wildman–Crippen LogP) is 2.96. The van der Waals surface area contributed by atoms with E-state index in [1.165, 1.54) is 0 Å². The van der Waals surface area contributed by atoms with Crippen molar-refractivity contribution in [1.29, 1.82) is 0 Å². The molecule has 0 radical (unpaired) electrons. The molecule has 0 fully saturated rings. The van der Waals surface area contributed by atoms with Crippen LogP contribution in [0.2, 0.25) is 5.02 Å². The summed E-state index contributed by atoms with van der Waals surface area (Å²) in [7, 11) is 1.58. The van der Waals surface area contributed by atoms with E-state index in [0.29, 0.717) is 5.02 Å². The Balaban J connectivity index is 0.00000121. The van der Waals surface area contributed by atoms with Crippen molar-refractivity contribution in [3.8, 4) is 5.75 Å². The fraction of sp³-hybridized carbons (Fsp3) is 0.333. The van der Waals surface area contributed by atoms with Gasteiger partial charge in [0.1, 0.15) is 5.75 Å². The fourth-order valence-electron chi connectivity index (χ4n) is 0.658. The lowest BCUT2D eigenvalue weighted by Crippen LogP contribution is -1.97. The molecule has 0 atom stereocenters. The lowest BCUT2D eigenvalue weighted by Gasteiger charge is -2.02. The van der Waals surface area contributed by atoms with Crippen molar-refractivity contribution in [3.63, 3.8) is 0 Å². The summed E-state index contributed by atoms with van der Waals surface area (Å²) < 4.78 is 9.85. The van der Waals surface area contributed by atoms with E-state index in [0.717, 1.165) is 5.75 Å². The molecule has 0 spiro atoms. The van der Waals surface area contributed by atoms with Crippen molar-refractivity contribution in [2.75, 3.05) is 13.9 Å². The van der Waals surface area contributed by atoms with Gasteiger partial charge in [-0.1, -0.05) is 19.0 Å². The van der Waals surface area contributed by atoms with Gasteiger partial charge in [0, 0.05) is 12.1 Å². The summed E-state index contributed by atoms with van der Waals surface area (Å²) in [5.74, 6) is 0.760. The van der Waals surface area contributed by atoms with Gasteiger partial charge in [-0.15, -0.1) is 0 Å². The second-order valence-electron chi connectivity index (χ2n) is 2.00. The maximum atomic E-state index is 5.66. The van der Waals surface area contributed by atoms with Crippen molar-refractivity contribution in [3.05, 3.63) is 29.3 Å². The van der Waals surface area contributed by atoms with Crippen molar-refractivity contribution in [2.45, 2.75) is 7.43 Å². The van der Waals surface area contributed by atoms with Gasteiger partial charge in [0.25, 0.3) is 0 Å². The van der Waals surface area contributed by atoms with Gasteiger partial charge in [-0.2, -0.15) is 0 Å². The largest absolute Gasteiger partial charge is 0.468 e. The number of halogens is 1. The molecule has 0 heterocycles. The van der Waals surface area contributed by atoms with Crippen LogP contribution in [-0.2, 0) is 4.74 Å². The van der Waals surface area contributed by atoms with Crippen molar-refractivity contribution >= 4 is 11.6 Å². The molecule has 12 heavy (non-hydrogen) atoms. The topological polar surface area (TPSA) is 18.5 Å². The molecule has 0 unspecified atom stereocenters. The molecular formula is C9H13ClO2. The molecule has 0 amide bonds. The van der Waals surface area contributed by atoms with Crippen LogP contribution in [-0.4, -0.2) is 13.9 Å². The summed E-state index contributed by atoms with van der Waals surface area (Å²) in [4.78, 5) is 0. The van der Waals surface area contributed by atoms with Gasteiger partial charge in [0.15, 0.2) is 6.79 Å². The lowest BCUT2D eigenvalue weighted by atomic mass is 10.3. The van der Waals surface area contributed by atoms with Crippen LogP contribution in [0.25, 0.3) is 0 Å². The molecule has 0 aliphatic heterocycles. The number of benzene rings is 1. The van der Waals surface area contributed by atoms with E-state index < -0.39 is 0 Å². The van der Waals surface area contributed by atoms with E-state index in [-0.39, 0.29) is 14.2 Å². The third-order valence-corrected chi connectivity index (χ3v) is 1.41. The minimum atomic E-state index is 0. The average molecular weight is 189 g/mol. The Bertz CT molecular complexity index is 208. The second kappa shape index (κ2) is 5.86. The van der Waals surface area contributed by atoms with Crippen LogP contribution in [0.15, 0.2) is 24.3 Å². The first-order chi connectivity index (χ1) is 5.33. The Labute approximate surface area is 78.1 Å². The third-order valence-electron chi connectivity index (χ3n) is 1.16. The SMILES string of the molecule is C.COCOc1ccc(Cl)cc1. The molecule has 68 valence electrons. The van der Waals surface area contributed by atoms with E-state index in [1.54, 1.807) is 31.4 Å². The third kappa shape index (κ3) is 3.60. The zero-order valence-electron chi connectivity index (χ0n) is 6.21. The number of hydrogen-bond donors (Lipinski definition) is 0. The van der Waals surface area contributed by atoms with E-state index in [4.69, 9.17) is 21.1 Å². The van der Waals surface area contributed by atoms with Crippen molar-refractivity contribution in [2.24, 2.45) is 0 Å². The van der Waals surface area contributed by atoms with Crippen LogP contribution in [0.3, 0.4) is 0 Å². The van der Waals surface area contributed by atoms with Crippen molar-refractivity contribution in [1.82, 2.24) is 0 Å². The van der Waals surface area contributed by atoms with E-state index in [9.17, 15) is 0 Å². The average Bonchev–Trinajstić information content (AvgIpc) is 2.04. The highest BCUT2D eigenvalue weighted by molar-refractivity contribution is 6.30. The highest BCUT2D eigenvalue weighted by Gasteiger charge is 1.90.